The molecule has 0 radical (unpaired) electrons. The number of rotatable bonds is 16. The summed E-state index contributed by atoms with van der Waals surface area (Å²) in [4.78, 5) is 3.27. The Hall–Kier alpha value is -1.30. The predicted molar refractivity (Wildman–Crippen MR) is 111 cm³/mol. The van der Waals surface area contributed by atoms with Gasteiger partial charge in [-0.3, -0.25) is 0 Å². The van der Waals surface area contributed by atoms with Crippen LogP contribution in [0.25, 0.3) is 4.98 Å². The van der Waals surface area contributed by atoms with E-state index in [9.17, 15) is 0 Å². The molecule has 0 saturated heterocycles. The molecule has 0 amide bonds. The molecule has 0 spiro atoms. The number of diazo groups is 1. The maximum absolute atomic E-state index is 8.80. The van der Waals surface area contributed by atoms with Crippen LogP contribution in [0.4, 0.5) is 0 Å². The summed E-state index contributed by atoms with van der Waals surface area (Å²) in [6, 6.07) is 0. The Morgan fingerprint density at radius 3 is 1.81 bits per heavy atom. The van der Waals surface area contributed by atoms with Crippen LogP contribution in [0.15, 0.2) is 23.6 Å². The van der Waals surface area contributed by atoms with Gasteiger partial charge in [0.15, 0.2) is 4.98 Å². The Bertz CT molecular complexity index is 448. The van der Waals surface area contributed by atoms with Crippen molar-refractivity contribution in [1.29, 1.82) is 5.39 Å². The fourth-order valence-electron chi connectivity index (χ4n) is 3.58. The van der Waals surface area contributed by atoms with Gasteiger partial charge in [-0.05, 0) is 12.5 Å². The Morgan fingerprint density at radius 2 is 1.35 bits per heavy atom. The normalized spacial score (nSPS) is 16.7. The van der Waals surface area contributed by atoms with Gasteiger partial charge in [-0.1, -0.05) is 97.3 Å². The smallest absolute Gasteiger partial charge is 0.362 e. The number of hydrogen-bond acceptors (Lipinski definition) is 2. The molecular formula is C23H41N2O+. The Labute approximate surface area is 161 Å². The van der Waals surface area contributed by atoms with Crippen LogP contribution in [0.3, 0.4) is 0 Å². The monoisotopic (exact) mass is 361 g/mol. The van der Waals surface area contributed by atoms with Crippen molar-refractivity contribution >= 4 is 0 Å². The van der Waals surface area contributed by atoms with Crippen molar-refractivity contribution in [1.82, 2.24) is 0 Å². The minimum Gasteiger partial charge on any atom is -0.498 e. The van der Waals surface area contributed by atoms with Crippen molar-refractivity contribution in [2.75, 3.05) is 6.61 Å². The van der Waals surface area contributed by atoms with Gasteiger partial charge in [0, 0.05) is 12.0 Å². The maximum Gasteiger partial charge on any atom is 0.362 e. The second-order valence-electron chi connectivity index (χ2n) is 7.88. The van der Waals surface area contributed by atoms with Crippen molar-refractivity contribution in [2.24, 2.45) is 5.92 Å². The van der Waals surface area contributed by atoms with Crippen molar-refractivity contribution in [2.45, 2.75) is 110 Å². The number of allylic oxidation sites excluding steroid dienone is 4. The first-order valence-corrected chi connectivity index (χ1v) is 11.2. The summed E-state index contributed by atoms with van der Waals surface area (Å²) < 4.78 is 5.89. The number of hydrogen-bond donors (Lipinski definition) is 0. The molecule has 148 valence electrons. The average Bonchev–Trinajstić information content (AvgIpc) is 2.65. The van der Waals surface area contributed by atoms with Gasteiger partial charge in [0.25, 0.3) is 0 Å². The average molecular weight is 362 g/mol. The van der Waals surface area contributed by atoms with Gasteiger partial charge in [0.05, 0.1) is 18.8 Å². The zero-order valence-corrected chi connectivity index (χ0v) is 17.3. The zero-order valence-electron chi connectivity index (χ0n) is 17.3. The summed E-state index contributed by atoms with van der Waals surface area (Å²) in [5.41, 5.74) is 0.737. The number of unbranched alkanes of at least 4 members (excludes halogenated alkanes) is 13. The van der Waals surface area contributed by atoms with E-state index in [1.807, 2.05) is 12.2 Å². The Morgan fingerprint density at radius 1 is 0.846 bits per heavy atom. The van der Waals surface area contributed by atoms with Gasteiger partial charge in [-0.15, -0.1) is 0 Å². The molecule has 1 aliphatic carbocycles. The predicted octanol–water partition coefficient (Wildman–Crippen LogP) is 8.14. The highest BCUT2D eigenvalue weighted by Gasteiger charge is 2.23. The zero-order chi connectivity index (χ0) is 18.9. The molecule has 1 atom stereocenters. The molecule has 0 saturated carbocycles. The topological polar surface area (TPSA) is 37.4 Å². The molecule has 1 rings (SSSR count). The van der Waals surface area contributed by atoms with Crippen molar-refractivity contribution in [3.63, 3.8) is 0 Å². The van der Waals surface area contributed by atoms with Crippen molar-refractivity contribution in [3.05, 3.63) is 28.6 Å². The number of nitrogens with zero attached hydrogens (tertiary/aromatic N) is 2. The third kappa shape index (κ3) is 11.3. The summed E-state index contributed by atoms with van der Waals surface area (Å²) in [5, 5.41) is 8.80. The van der Waals surface area contributed by atoms with Crippen molar-refractivity contribution in [3.8, 4) is 0 Å². The van der Waals surface area contributed by atoms with E-state index >= 15 is 0 Å². The first kappa shape index (κ1) is 22.7. The molecule has 1 unspecified atom stereocenters. The van der Waals surface area contributed by atoms with Gasteiger partial charge in [0.2, 0.25) is 5.39 Å². The second-order valence-corrected chi connectivity index (χ2v) is 7.88. The van der Waals surface area contributed by atoms with Crippen molar-refractivity contribution < 1.29 is 4.74 Å². The molecule has 0 fully saturated rings. The van der Waals surface area contributed by atoms with Crippen LogP contribution < -0.4 is 0 Å². The van der Waals surface area contributed by atoms with Gasteiger partial charge in [-0.25, -0.2) is 0 Å². The SMILES string of the molecule is CCCCCCCCCCCCCCCCOC1=CC=C([N+]#N)CC1C. The highest BCUT2D eigenvalue weighted by molar-refractivity contribution is 5.25. The van der Waals surface area contributed by atoms with E-state index in [1.165, 1.54) is 83.5 Å². The second kappa shape index (κ2) is 15.9. The van der Waals surface area contributed by atoms with Gasteiger partial charge >= 0.3 is 5.70 Å². The molecule has 3 heteroatoms. The van der Waals surface area contributed by atoms with E-state index in [4.69, 9.17) is 10.1 Å². The Kier molecular flexibility index (Phi) is 13.9. The largest absolute Gasteiger partial charge is 0.498 e. The molecule has 0 aromatic rings. The van der Waals surface area contributed by atoms with Crippen LogP contribution in [0, 0.1) is 11.3 Å². The fourth-order valence-corrected chi connectivity index (χ4v) is 3.58. The quantitative estimate of drug-likeness (QED) is 0.205. The van der Waals surface area contributed by atoms with E-state index in [-0.39, 0.29) is 0 Å². The van der Waals surface area contributed by atoms with Gasteiger partial charge in [-0.2, -0.15) is 0 Å². The van der Waals surface area contributed by atoms with Gasteiger partial charge in [0.1, 0.15) is 0 Å². The molecule has 26 heavy (non-hydrogen) atoms. The first-order chi connectivity index (χ1) is 12.8. The van der Waals surface area contributed by atoms with Crippen LogP contribution in [0.5, 0.6) is 0 Å². The molecule has 0 aromatic heterocycles. The van der Waals surface area contributed by atoms with Crippen LogP contribution in [0.1, 0.15) is 110 Å². The summed E-state index contributed by atoms with van der Waals surface area (Å²) in [6.45, 7) is 5.22. The summed E-state index contributed by atoms with van der Waals surface area (Å²) >= 11 is 0. The summed E-state index contributed by atoms with van der Waals surface area (Å²) in [5.74, 6) is 1.35. The standard InChI is InChI=1S/C23H41N2O/c1-3-4-5-6-7-8-9-10-11-12-13-14-15-16-19-26-23-18-17-22(25-24)20-21(23)2/h17-18,21H,3-16,19-20H2,1-2H3/q+1. The van der Waals surface area contributed by atoms with E-state index in [2.05, 4.69) is 18.8 Å². The van der Waals surface area contributed by atoms with E-state index in [0.717, 1.165) is 30.9 Å². The molecule has 0 bridgehead atoms. The molecule has 1 aliphatic rings. The van der Waals surface area contributed by atoms with Crippen LogP contribution in [0.2, 0.25) is 0 Å². The lowest BCUT2D eigenvalue weighted by molar-refractivity contribution is 0.174. The van der Waals surface area contributed by atoms with E-state index < -0.39 is 0 Å². The lowest BCUT2D eigenvalue weighted by atomic mass is 9.98. The fraction of sp³-hybridized carbons (Fsp3) is 0.826. The molecular weight excluding hydrogens is 320 g/mol. The lowest BCUT2D eigenvalue weighted by Crippen LogP contribution is -2.08. The van der Waals surface area contributed by atoms with E-state index in [0.29, 0.717) is 5.92 Å². The Balaban J connectivity index is 1.83. The van der Waals surface area contributed by atoms with Gasteiger partial charge < -0.3 is 4.74 Å². The summed E-state index contributed by atoms with van der Waals surface area (Å²) in [6.07, 6.45) is 23.9. The molecule has 3 nitrogen and oxygen atoms in total. The third-order valence-electron chi connectivity index (χ3n) is 5.34. The van der Waals surface area contributed by atoms with Crippen LogP contribution >= 0.6 is 0 Å². The molecule has 0 heterocycles. The minimum atomic E-state index is 0.317. The molecule has 0 aliphatic heterocycles. The van der Waals surface area contributed by atoms with Crippen LogP contribution in [-0.2, 0) is 4.74 Å². The molecule has 0 N–H and O–H groups in total. The highest BCUT2D eigenvalue weighted by Crippen LogP contribution is 2.26. The highest BCUT2D eigenvalue weighted by atomic mass is 16.5. The summed E-state index contributed by atoms with van der Waals surface area (Å²) in [7, 11) is 0. The van der Waals surface area contributed by atoms with Crippen LogP contribution in [-0.4, -0.2) is 6.61 Å². The number of ether oxygens (including phenoxy) is 1. The van der Waals surface area contributed by atoms with E-state index in [1.54, 1.807) is 0 Å². The molecule has 0 aromatic carbocycles. The minimum absolute atomic E-state index is 0.317. The lowest BCUT2D eigenvalue weighted by Gasteiger charge is -2.16. The third-order valence-corrected chi connectivity index (χ3v) is 5.34. The first-order valence-electron chi connectivity index (χ1n) is 11.2. The maximum atomic E-state index is 8.80.